The number of aromatic nitrogens is 4. The number of H-pyrrole nitrogens is 1. The Morgan fingerprint density at radius 3 is 2.57 bits per heavy atom. The summed E-state index contributed by atoms with van der Waals surface area (Å²) in [5, 5.41) is 5.79. The number of carbonyl (C=O) groups is 1. The first-order valence-electron chi connectivity index (χ1n) is 15.0. The van der Waals surface area contributed by atoms with E-state index in [1.54, 1.807) is 17.0 Å². The highest BCUT2D eigenvalue weighted by Gasteiger charge is 2.28. The number of benzene rings is 2. The molecule has 1 aliphatic rings. The van der Waals surface area contributed by atoms with Crippen LogP contribution in [-0.4, -0.2) is 55.5 Å². The number of carbonyl (C=O) groups excluding carboxylic acids is 1. The van der Waals surface area contributed by atoms with Crippen LogP contribution in [0.25, 0.3) is 33.3 Å². The predicted octanol–water partition coefficient (Wildman–Crippen LogP) is 7.68. The molecule has 0 saturated carbocycles. The first kappa shape index (κ1) is 29.4. The van der Waals surface area contributed by atoms with Crippen molar-refractivity contribution < 1.29 is 18.7 Å². The zero-order chi connectivity index (χ0) is 31.0. The normalized spacial score (nSPS) is 14.3. The summed E-state index contributed by atoms with van der Waals surface area (Å²) in [6.45, 7) is 11.4. The second-order valence-corrected chi connectivity index (χ2v) is 12.5. The van der Waals surface area contributed by atoms with Crippen LogP contribution in [0.4, 0.5) is 9.18 Å². The molecule has 0 bridgehead atoms. The number of likely N-dealkylation sites (tertiary alicyclic amines) is 1. The average Bonchev–Trinajstić information content (AvgIpc) is 3.51. The van der Waals surface area contributed by atoms with Gasteiger partial charge in [-0.05, 0) is 76.1 Å². The fourth-order valence-electron chi connectivity index (χ4n) is 5.84. The topological polar surface area (TPSA) is 85.3 Å². The largest absolute Gasteiger partial charge is 0.490 e. The van der Waals surface area contributed by atoms with Crippen LogP contribution in [-0.2, 0) is 11.3 Å². The van der Waals surface area contributed by atoms with Crippen molar-refractivity contribution in [1.82, 2.24) is 24.6 Å². The van der Waals surface area contributed by atoms with E-state index in [1.165, 1.54) is 6.07 Å². The van der Waals surface area contributed by atoms with Crippen molar-refractivity contribution in [1.29, 1.82) is 0 Å². The summed E-state index contributed by atoms with van der Waals surface area (Å²) in [4.78, 5) is 22.2. The van der Waals surface area contributed by atoms with Gasteiger partial charge in [0.15, 0.2) is 0 Å². The lowest BCUT2D eigenvalue weighted by Crippen LogP contribution is -2.44. The fraction of sp³-hybridized carbons (Fsp3) is 0.343. The molecule has 44 heavy (non-hydrogen) atoms. The van der Waals surface area contributed by atoms with Crippen LogP contribution < -0.4 is 4.74 Å². The maximum absolute atomic E-state index is 13.8. The number of halogens is 1. The van der Waals surface area contributed by atoms with Gasteiger partial charge >= 0.3 is 6.09 Å². The number of fused-ring (bicyclic) bond motifs is 1. The number of nitrogens with one attached hydrogen (secondary N) is 1. The number of hydrogen-bond donors (Lipinski definition) is 1. The summed E-state index contributed by atoms with van der Waals surface area (Å²) >= 11 is 0. The highest BCUT2D eigenvalue weighted by molar-refractivity contribution is 5.97. The summed E-state index contributed by atoms with van der Waals surface area (Å²) in [5.74, 6) is 0.537. The smallest absolute Gasteiger partial charge is 0.410 e. The van der Waals surface area contributed by atoms with Gasteiger partial charge in [-0.25, -0.2) is 14.2 Å². The maximum atomic E-state index is 13.8. The van der Waals surface area contributed by atoms with Crippen molar-refractivity contribution in [3.63, 3.8) is 0 Å². The molecule has 1 saturated heterocycles. The van der Waals surface area contributed by atoms with Crippen molar-refractivity contribution in [2.75, 3.05) is 13.1 Å². The van der Waals surface area contributed by atoms with Gasteiger partial charge in [0, 0.05) is 66.1 Å². The Balaban J connectivity index is 1.20. The van der Waals surface area contributed by atoms with E-state index in [2.05, 4.69) is 17.1 Å². The Kier molecular flexibility index (Phi) is 7.88. The first-order valence-corrected chi connectivity index (χ1v) is 15.0. The Morgan fingerprint density at radius 2 is 1.82 bits per heavy atom. The molecule has 8 nitrogen and oxygen atoms in total. The summed E-state index contributed by atoms with van der Waals surface area (Å²) < 4.78 is 27.6. The van der Waals surface area contributed by atoms with Crippen molar-refractivity contribution in [2.45, 2.75) is 65.7 Å². The number of ether oxygens (including phenoxy) is 2. The van der Waals surface area contributed by atoms with E-state index in [0.29, 0.717) is 19.6 Å². The highest BCUT2D eigenvalue weighted by atomic mass is 19.1. The molecular formula is C35H38FN5O3. The molecule has 0 spiro atoms. The van der Waals surface area contributed by atoms with Gasteiger partial charge in [-0.2, -0.15) is 5.10 Å². The molecule has 0 aliphatic carbocycles. The summed E-state index contributed by atoms with van der Waals surface area (Å²) in [7, 11) is 0. The van der Waals surface area contributed by atoms with Gasteiger partial charge in [0.1, 0.15) is 28.9 Å². The summed E-state index contributed by atoms with van der Waals surface area (Å²) in [5.41, 5.74) is 7.11. The van der Waals surface area contributed by atoms with Gasteiger partial charge < -0.3 is 19.4 Å². The van der Waals surface area contributed by atoms with E-state index in [4.69, 9.17) is 19.6 Å². The van der Waals surface area contributed by atoms with E-state index in [9.17, 15) is 9.18 Å². The molecule has 9 heteroatoms. The average molecular weight is 596 g/mol. The number of nitrogens with zero attached hydrogens (tertiary/aromatic N) is 4. The molecular weight excluding hydrogens is 557 g/mol. The van der Waals surface area contributed by atoms with Crippen molar-refractivity contribution in [3.05, 3.63) is 89.8 Å². The molecule has 0 unspecified atom stereocenters. The molecule has 6 rings (SSSR count). The number of aryl methyl sites for hydroxylation is 1. The maximum Gasteiger partial charge on any atom is 0.410 e. The van der Waals surface area contributed by atoms with E-state index in [1.807, 2.05) is 76.0 Å². The molecule has 5 aromatic rings. The van der Waals surface area contributed by atoms with Gasteiger partial charge in [-0.3, -0.25) is 4.68 Å². The minimum absolute atomic E-state index is 0.0238. The van der Waals surface area contributed by atoms with Crippen molar-refractivity contribution in [2.24, 2.45) is 0 Å². The molecule has 1 amide bonds. The Hall–Kier alpha value is -4.66. The lowest BCUT2D eigenvalue weighted by atomic mass is 10.0. The lowest BCUT2D eigenvalue weighted by Gasteiger charge is -2.33. The standard InChI is InChI=1S/C35H38FN5O3/c1-22-32(23(2)41(39-22)21-24-8-6-10-27(36)16-24)31-20-38-33-30(31)18-26(19-37-33)25-9-7-11-29(17-25)43-28-12-14-40(15-13-28)34(42)44-35(3,4)5/h6-11,16-20,28H,12-15,21H2,1-5H3,(H,37,38). The zero-order valence-corrected chi connectivity index (χ0v) is 25.9. The third-order valence-electron chi connectivity index (χ3n) is 7.97. The van der Waals surface area contributed by atoms with Gasteiger partial charge in [0.2, 0.25) is 0 Å². The SMILES string of the molecule is Cc1nn(Cc2cccc(F)c2)c(C)c1-c1c[nH]c2ncc(-c3cccc(OC4CCN(C(=O)OC(C)(C)C)CC4)c3)cc12. The lowest BCUT2D eigenvalue weighted by molar-refractivity contribution is 0.0126. The van der Waals surface area contributed by atoms with E-state index >= 15 is 0 Å². The second-order valence-electron chi connectivity index (χ2n) is 12.5. The molecule has 228 valence electrons. The first-order chi connectivity index (χ1) is 21.0. The number of amides is 1. The third-order valence-corrected chi connectivity index (χ3v) is 7.97. The number of piperidine rings is 1. The van der Waals surface area contributed by atoms with Gasteiger partial charge in [0.25, 0.3) is 0 Å². The van der Waals surface area contributed by atoms with Crippen LogP contribution in [0.2, 0.25) is 0 Å². The van der Waals surface area contributed by atoms with Crippen LogP contribution >= 0.6 is 0 Å². The fourth-order valence-corrected chi connectivity index (χ4v) is 5.84. The predicted molar refractivity (Wildman–Crippen MR) is 169 cm³/mol. The number of aromatic amines is 1. The number of rotatable bonds is 6. The molecule has 4 heterocycles. The molecule has 2 aromatic carbocycles. The van der Waals surface area contributed by atoms with Crippen molar-refractivity contribution >= 4 is 17.1 Å². The molecule has 3 aromatic heterocycles. The monoisotopic (exact) mass is 595 g/mol. The van der Waals surface area contributed by atoms with E-state index in [-0.39, 0.29) is 18.0 Å². The summed E-state index contributed by atoms with van der Waals surface area (Å²) in [6.07, 6.45) is 5.09. The van der Waals surface area contributed by atoms with Crippen LogP contribution in [0, 0.1) is 19.7 Å². The second kappa shape index (κ2) is 11.8. The molecule has 0 radical (unpaired) electrons. The summed E-state index contributed by atoms with van der Waals surface area (Å²) in [6, 6.07) is 16.8. The minimum atomic E-state index is -0.506. The Bertz CT molecular complexity index is 1810. The van der Waals surface area contributed by atoms with Crippen LogP contribution in [0.15, 0.2) is 67.0 Å². The van der Waals surface area contributed by atoms with Gasteiger partial charge in [-0.15, -0.1) is 0 Å². The Labute approximate surface area is 256 Å². The third kappa shape index (κ3) is 6.32. The van der Waals surface area contributed by atoms with Crippen LogP contribution in [0.5, 0.6) is 5.75 Å². The van der Waals surface area contributed by atoms with E-state index < -0.39 is 5.60 Å². The quantitative estimate of drug-likeness (QED) is 0.218. The zero-order valence-electron chi connectivity index (χ0n) is 25.9. The van der Waals surface area contributed by atoms with E-state index in [0.717, 1.165) is 68.8 Å². The number of hydrogen-bond acceptors (Lipinski definition) is 5. The molecule has 1 aliphatic heterocycles. The minimum Gasteiger partial charge on any atom is -0.490 e. The molecule has 1 N–H and O–H groups in total. The van der Waals surface area contributed by atoms with Crippen LogP contribution in [0.3, 0.4) is 0 Å². The number of pyridine rings is 1. The highest BCUT2D eigenvalue weighted by Crippen LogP contribution is 2.35. The Morgan fingerprint density at radius 1 is 1.05 bits per heavy atom. The van der Waals surface area contributed by atoms with Gasteiger partial charge in [-0.1, -0.05) is 24.3 Å². The van der Waals surface area contributed by atoms with Crippen LogP contribution in [0.1, 0.15) is 50.6 Å². The molecule has 0 atom stereocenters. The van der Waals surface area contributed by atoms with Gasteiger partial charge in [0.05, 0.1) is 12.2 Å². The molecule has 1 fully saturated rings. The van der Waals surface area contributed by atoms with Crippen molar-refractivity contribution in [3.8, 4) is 28.0 Å².